The van der Waals surface area contributed by atoms with Crippen molar-refractivity contribution in [1.29, 1.82) is 0 Å². The van der Waals surface area contributed by atoms with E-state index in [4.69, 9.17) is 10.5 Å². The summed E-state index contributed by atoms with van der Waals surface area (Å²) >= 11 is 3.28. The van der Waals surface area contributed by atoms with E-state index in [1.807, 2.05) is 12.1 Å². The normalized spacial score (nSPS) is 13.2. The van der Waals surface area contributed by atoms with Gasteiger partial charge in [-0.05, 0) is 39.7 Å². The fraction of sp³-hybridized carbons (Fsp3) is 0.167. The molecule has 0 bridgehead atoms. The van der Waals surface area contributed by atoms with Gasteiger partial charge in [0.1, 0.15) is 11.6 Å². The number of hydrogen-bond donors (Lipinski definition) is 1. The molecule has 2 aromatic rings. The largest absolute Gasteiger partial charge is 0.493 e. The van der Waals surface area contributed by atoms with E-state index in [-0.39, 0.29) is 0 Å². The Hall–Kier alpha value is -1.62. The zero-order chi connectivity index (χ0) is 11.8. The summed E-state index contributed by atoms with van der Waals surface area (Å²) in [4.78, 5) is 8.50. The number of anilines is 1. The van der Waals surface area contributed by atoms with Gasteiger partial charge in [-0.1, -0.05) is 0 Å². The molecule has 17 heavy (non-hydrogen) atoms. The zero-order valence-electron chi connectivity index (χ0n) is 8.98. The number of halogens is 1. The predicted molar refractivity (Wildman–Crippen MR) is 68.8 cm³/mol. The van der Waals surface area contributed by atoms with Gasteiger partial charge in [-0.15, -0.1) is 0 Å². The van der Waals surface area contributed by atoms with E-state index in [0.717, 1.165) is 24.3 Å². The molecule has 1 aromatic carbocycles. The molecule has 0 aliphatic carbocycles. The van der Waals surface area contributed by atoms with E-state index in [0.29, 0.717) is 16.1 Å². The molecule has 3 rings (SSSR count). The molecule has 0 unspecified atom stereocenters. The molecule has 0 spiro atoms. The van der Waals surface area contributed by atoms with Crippen molar-refractivity contribution in [2.75, 3.05) is 12.3 Å². The van der Waals surface area contributed by atoms with Crippen molar-refractivity contribution in [1.82, 2.24) is 9.97 Å². The summed E-state index contributed by atoms with van der Waals surface area (Å²) in [5.74, 6) is 2.05. The molecule has 2 heterocycles. The fourth-order valence-corrected chi connectivity index (χ4v) is 2.04. The van der Waals surface area contributed by atoms with Crippen molar-refractivity contribution < 1.29 is 4.74 Å². The summed E-state index contributed by atoms with van der Waals surface area (Å²) in [5.41, 5.74) is 7.92. The van der Waals surface area contributed by atoms with Gasteiger partial charge < -0.3 is 10.5 Å². The number of ether oxygens (including phenoxy) is 1. The second kappa shape index (κ2) is 4.00. The van der Waals surface area contributed by atoms with Crippen LogP contribution >= 0.6 is 15.9 Å². The van der Waals surface area contributed by atoms with Crippen molar-refractivity contribution in [2.24, 2.45) is 0 Å². The Balaban J connectivity index is 2.06. The van der Waals surface area contributed by atoms with E-state index in [2.05, 4.69) is 32.0 Å². The van der Waals surface area contributed by atoms with Crippen LogP contribution in [0.5, 0.6) is 5.75 Å². The molecule has 1 aliphatic rings. The molecular formula is C12H10BrN3O. The molecule has 1 aromatic heterocycles. The highest BCUT2D eigenvalue weighted by Gasteiger charge is 2.13. The Labute approximate surface area is 107 Å². The average Bonchev–Trinajstić information content (AvgIpc) is 2.79. The van der Waals surface area contributed by atoms with Crippen LogP contribution in [0.2, 0.25) is 0 Å². The molecule has 0 radical (unpaired) electrons. The zero-order valence-corrected chi connectivity index (χ0v) is 10.6. The number of nitrogens with zero attached hydrogens (tertiary/aromatic N) is 2. The highest BCUT2D eigenvalue weighted by molar-refractivity contribution is 9.10. The second-order valence-electron chi connectivity index (χ2n) is 3.85. The lowest BCUT2D eigenvalue weighted by Gasteiger charge is -2.04. The Morgan fingerprint density at radius 1 is 1.35 bits per heavy atom. The quantitative estimate of drug-likeness (QED) is 0.877. The highest BCUT2D eigenvalue weighted by Crippen LogP contribution is 2.29. The maximum Gasteiger partial charge on any atom is 0.161 e. The molecule has 0 saturated carbocycles. The van der Waals surface area contributed by atoms with Crippen molar-refractivity contribution in [3.05, 3.63) is 34.4 Å². The van der Waals surface area contributed by atoms with Crippen LogP contribution < -0.4 is 10.5 Å². The van der Waals surface area contributed by atoms with Crippen LogP contribution in [-0.2, 0) is 6.42 Å². The number of aromatic nitrogens is 2. The molecule has 0 amide bonds. The van der Waals surface area contributed by atoms with Gasteiger partial charge >= 0.3 is 0 Å². The summed E-state index contributed by atoms with van der Waals surface area (Å²) in [6.45, 7) is 0.752. The minimum absolute atomic E-state index is 0.451. The van der Waals surface area contributed by atoms with Gasteiger partial charge in [0.2, 0.25) is 0 Å². The van der Waals surface area contributed by atoms with Crippen LogP contribution in [0.1, 0.15) is 5.56 Å². The van der Waals surface area contributed by atoms with Crippen LogP contribution in [0.4, 0.5) is 5.82 Å². The lowest BCUT2D eigenvalue weighted by Crippen LogP contribution is -1.96. The number of fused-ring (bicyclic) bond motifs is 1. The van der Waals surface area contributed by atoms with E-state index < -0.39 is 0 Å². The maximum atomic E-state index is 5.75. The van der Waals surface area contributed by atoms with Crippen LogP contribution in [0.25, 0.3) is 11.4 Å². The highest BCUT2D eigenvalue weighted by atomic mass is 79.9. The van der Waals surface area contributed by atoms with Crippen molar-refractivity contribution in [3.8, 4) is 17.1 Å². The first-order chi connectivity index (χ1) is 8.24. The molecule has 0 atom stereocenters. The van der Waals surface area contributed by atoms with Crippen LogP contribution in [-0.4, -0.2) is 16.6 Å². The lowest BCUT2D eigenvalue weighted by atomic mass is 10.1. The smallest absolute Gasteiger partial charge is 0.161 e. The first kappa shape index (κ1) is 10.5. The minimum Gasteiger partial charge on any atom is -0.493 e. The molecule has 4 nitrogen and oxygen atoms in total. The third-order valence-electron chi connectivity index (χ3n) is 2.72. The lowest BCUT2D eigenvalue weighted by molar-refractivity contribution is 0.357. The SMILES string of the molecule is Nc1nc(-c2ccc3c(c2)CCO3)ncc1Br. The van der Waals surface area contributed by atoms with Crippen molar-refractivity contribution >= 4 is 21.7 Å². The summed E-state index contributed by atoms with van der Waals surface area (Å²) in [6.07, 6.45) is 2.61. The second-order valence-corrected chi connectivity index (χ2v) is 4.70. The number of rotatable bonds is 1. The van der Waals surface area contributed by atoms with E-state index in [9.17, 15) is 0 Å². The first-order valence-corrected chi connectivity index (χ1v) is 6.07. The number of hydrogen-bond acceptors (Lipinski definition) is 4. The molecule has 5 heteroatoms. The molecule has 0 saturated heterocycles. The van der Waals surface area contributed by atoms with Gasteiger partial charge in [-0.2, -0.15) is 0 Å². The van der Waals surface area contributed by atoms with E-state index >= 15 is 0 Å². The van der Waals surface area contributed by atoms with Gasteiger partial charge in [-0.25, -0.2) is 9.97 Å². The van der Waals surface area contributed by atoms with Gasteiger partial charge in [0.25, 0.3) is 0 Å². The van der Waals surface area contributed by atoms with Crippen LogP contribution in [0.3, 0.4) is 0 Å². The average molecular weight is 292 g/mol. The summed E-state index contributed by atoms with van der Waals surface area (Å²) in [5, 5.41) is 0. The molecule has 0 fully saturated rings. The minimum atomic E-state index is 0.451. The monoisotopic (exact) mass is 291 g/mol. The maximum absolute atomic E-state index is 5.75. The first-order valence-electron chi connectivity index (χ1n) is 5.28. The Morgan fingerprint density at radius 2 is 2.24 bits per heavy atom. The van der Waals surface area contributed by atoms with Gasteiger partial charge in [0.05, 0.1) is 11.1 Å². The molecule has 2 N–H and O–H groups in total. The third-order valence-corrected chi connectivity index (χ3v) is 3.33. The Morgan fingerprint density at radius 3 is 3.06 bits per heavy atom. The number of nitrogens with two attached hydrogens (primary N) is 1. The topological polar surface area (TPSA) is 61.0 Å². The molecule has 1 aliphatic heterocycles. The van der Waals surface area contributed by atoms with Crippen molar-refractivity contribution in [3.63, 3.8) is 0 Å². The van der Waals surface area contributed by atoms with Crippen LogP contribution in [0, 0.1) is 0 Å². The van der Waals surface area contributed by atoms with Crippen molar-refractivity contribution in [2.45, 2.75) is 6.42 Å². The van der Waals surface area contributed by atoms with E-state index in [1.54, 1.807) is 6.20 Å². The standard InChI is InChI=1S/C12H10BrN3O/c13-9-6-15-12(16-11(9)14)8-1-2-10-7(5-8)3-4-17-10/h1-2,5-6H,3-4H2,(H2,14,15,16). The predicted octanol–water partition coefficient (Wildman–Crippen LogP) is 2.42. The van der Waals surface area contributed by atoms with Gasteiger partial charge in [-0.3, -0.25) is 0 Å². The summed E-state index contributed by atoms with van der Waals surface area (Å²) in [6, 6.07) is 5.97. The van der Waals surface area contributed by atoms with Gasteiger partial charge in [0, 0.05) is 18.2 Å². The van der Waals surface area contributed by atoms with Crippen LogP contribution in [0.15, 0.2) is 28.9 Å². The Bertz CT molecular complexity index is 586. The van der Waals surface area contributed by atoms with Gasteiger partial charge in [0.15, 0.2) is 5.82 Å². The molecular weight excluding hydrogens is 282 g/mol. The summed E-state index contributed by atoms with van der Waals surface area (Å²) in [7, 11) is 0. The Kier molecular flexibility index (Phi) is 2.48. The number of nitrogen functional groups attached to an aromatic ring is 1. The summed E-state index contributed by atoms with van der Waals surface area (Å²) < 4.78 is 6.17. The number of benzene rings is 1. The van der Waals surface area contributed by atoms with E-state index in [1.165, 1.54) is 5.56 Å². The third kappa shape index (κ3) is 1.86. The molecule has 86 valence electrons. The fourth-order valence-electron chi connectivity index (χ4n) is 1.85.